The van der Waals surface area contributed by atoms with Gasteiger partial charge in [0.25, 0.3) is 0 Å². The lowest BCUT2D eigenvalue weighted by molar-refractivity contribution is -0.115. The quantitative estimate of drug-likeness (QED) is 0.688. The summed E-state index contributed by atoms with van der Waals surface area (Å²) in [4.78, 5) is 13.5. The van der Waals surface area contributed by atoms with E-state index in [0.717, 1.165) is 0 Å². The van der Waals surface area contributed by atoms with Crippen LogP contribution in [0.2, 0.25) is 0 Å². The van der Waals surface area contributed by atoms with Crippen LogP contribution in [0.5, 0.6) is 0 Å². The zero-order valence-corrected chi connectivity index (χ0v) is 12.1. The van der Waals surface area contributed by atoms with Crippen LogP contribution >= 0.6 is 0 Å². The molecule has 0 radical (unpaired) electrons. The number of carbonyl (C=O) groups excluding carboxylic acids is 1. The molecule has 0 aliphatic rings. The number of aliphatic hydroxyl groups is 1. The predicted molar refractivity (Wildman–Crippen MR) is 77.1 cm³/mol. The Bertz CT molecular complexity index is 433. The summed E-state index contributed by atoms with van der Waals surface area (Å²) in [6, 6.07) is 5.56. The molecule has 0 saturated carbocycles. The van der Waals surface area contributed by atoms with E-state index in [9.17, 15) is 14.3 Å². The van der Waals surface area contributed by atoms with Gasteiger partial charge in [-0.15, -0.1) is 0 Å². The third-order valence-electron chi connectivity index (χ3n) is 2.58. The standard InChI is InChI=1S/C14H22FN3O2/c1-14(20,10-18(2)3)9-16-8-13(19)17-12-6-4-11(15)5-7-12/h4-7,16,20H,8-10H2,1-3H3,(H,17,19). The Hall–Kier alpha value is -1.50. The lowest BCUT2D eigenvalue weighted by Gasteiger charge is -2.27. The maximum absolute atomic E-state index is 12.7. The fourth-order valence-electron chi connectivity index (χ4n) is 1.92. The molecule has 0 aliphatic carbocycles. The van der Waals surface area contributed by atoms with Gasteiger partial charge in [0.15, 0.2) is 0 Å². The van der Waals surface area contributed by atoms with Gasteiger partial charge >= 0.3 is 0 Å². The van der Waals surface area contributed by atoms with Crippen LogP contribution in [0.1, 0.15) is 6.92 Å². The number of halogens is 1. The van der Waals surface area contributed by atoms with Crippen molar-refractivity contribution in [3.8, 4) is 0 Å². The number of nitrogens with zero attached hydrogens (tertiary/aromatic N) is 1. The van der Waals surface area contributed by atoms with E-state index in [1.807, 2.05) is 19.0 Å². The molecule has 1 aromatic carbocycles. The van der Waals surface area contributed by atoms with Gasteiger partial charge in [0.1, 0.15) is 5.82 Å². The van der Waals surface area contributed by atoms with Crippen LogP contribution < -0.4 is 10.6 Å². The molecule has 0 fully saturated rings. The van der Waals surface area contributed by atoms with Gasteiger partial charge in [0.05, 0.1) is 12.1 Å². The van der Waals surface area contributed by atoms with E-state index < -0.39 is 5.60 Å². The summed E-state index contributed by atoms with van der Waals surface area (Å²) in [5.74, 6) is -0.585. The fraction of sp³-hybridized carbons (Fsp3) is 0.500. The maximum atomic E-state index is 12.7. The van der Waals surface area contributed by atoms with E-state index >= 15 is 0 Å². The molecule has 3 N–H and O–H groups in total. The molecule has 6 heteroatoms. The number of benzene rings is 1. The minimum absolute atomic E-state index is 0.0843. The molecule has 0 bridgehead atoms. The molecule has 0 aromatic heterocycles. The van der Waals surface area contributed by atoms with Crippen LogP contribution in [0.4, 0.5) is 10.1 Å². The van der Waals surface area contributed by atoms with Crippen LogP contribution in [0.15, 0.2) is 24.3 Å². The zero-order valence-electron chi connectivity index (χ0n) is 12.1. The molecule has 1 aromatic rings. The SMILES string of the molecule is CN(C)CC(C)(O)CNCC(=O)Nc1ccc(F)cc1. The highest BCUT2D eigenvalue weighted by molar-refractivity contribution is 5.92. The molecule has 5 nitrogen and oxygen atoms in total. The van der Waals surface area contributed by atoms with Crippen molar-refractivity contribution < 1.29 is 14.3 Å². The molecule has 0 aliphatic heterocycles. The van der Waals surface area contributed by atoms with Gasteiger partial charge in [-0.05, 0) is 45.3 Å². The van der Waals surface area contributed by atoms with Crippen molar-refractivity contribution in [2.24, 2.45) is 0 Å². The molecule has 0 heterocycles. The minimum Gasteiger partial charge on any atom is -0.388 e. The van der Waals surface area contributed by atoms with Crippen molar-refractivity contribution in [1.82, 2.24) is 10.2 Å². The highest BCUT2D eigenvalue weighted by Crippen LogP contribution is 2.07. The van der Waals surface area contributed by atoms with Gasteiger partial charge < -0.3 is 20.6 Å². The smallest absolute Gasteiger partial charge is 0.238 e. The first-order valence-electron chi connectivity index (χ1n) is 6.42. The molecule has 1 amide bonds. The largest absolute Gasteiger partial charge is 0.388 e. The van der Waals surface area contributed by atoms with Crippen molar-refractivity contribution in [2.45, 2.75) is 12.5 Å². The van der Waals surface area contributed by atoms with Crippen molar-refractivity contribution in [2.75, 3.05) is 39.0 Å². The van der Waals surface area contributed by atoms with E-state index in [4.69, 9.17) is 0 Å². The molecule has 112 valence electrons. The number of rotatable bonds is 7. The molecule has 1 atom stereocenters. The summed E-state index contributed by atoms with van der Waals surface area (Å²) in [7, 11) is 3.74. The number of likely N-dealkylation sites (N-methyl/N-ethyl adjacent to an activating group) is 1. The molecule has 1 rings (SSSR count). The van der Waals surface area contributed by atoms with Crippen molar-refractivity contribution in [3.05, 3.63) is 30.1 Å². The average molecular weight is 283 g/mol. The molecular weight excluding hydrogens is 261 g/mol. The van der Waals surface area contributed by atoms with Crippen LogP contribution in [0, 0.1) is 5.82 Å². The van der Waals surface area contributed by atoms with Gasteiger partial charge in [-0.3, -0.25) is 4.79 Å². The Morgan fingerprint density at radius 1 is 1.35 bits per heavy atom. The number of nitrogens with one attached hydrogen (secondary N) is 2. The second-order valence-electron chi connectivity index (χ2n) is 5.39. The summed E-state index contributed by atoms with van der Waals surface area (Å²) in [5.41, 5.74) is -0.363. The van der Waals surface area contributed by atoms with Crippen molar-refractivity contribution >= 4 is 11.6 Å². The first-order valence-corrected chi connectivity index (χ1v) is 6.42. The Balaban J connectivity index is 2.31. The van der Waals surface area contributed by atoms with E-state index in [0.29, 0.717) is 18.8 Å². The monoisotopic (exact) mass is 283 g/mol. The number of anilines is 1. The van der Waals surface area contributed by atoms with Gasteiger partial charge in [0, 0.05) is 18.8 Å². The van der Waals surface area contributed by atoms with E-state index in [1.165, 1.54) is 24.3 Å². The Morgan fingerprint density at radius 3 is 2.50 bits per heavy atom. The zero-order chi connectivity index (χ0) is 15.2. The predicted octanol–water partition coefficient (Wildman–Crippen LogP) is 0.666. The lowest BCUT2D eigenvalue weighted by atomic mass is 10.1. The molecule has 0 spiro atoms. The highest BCUT2D eigenvalue weighted by atomic mass is 19.1. The normalized spacial score (nSPS) is 14.1. The number of amides is 1. The molecule has 20 heavy (non-hydrogen) atoms. The third-order valence-corrected chi connectivity index (χ3v) is 2.58. The molecule has 1 unspecified atom stereocenters. The van der Waals surface area contributed by atoms with Crippen LogP contribution in [0.3, 0.4) is 0 Å². The van der Waals surface area contributed by atoms with E-state index in [2.05, 4.69) is 10.6 Å². The highest BCUT2D eigenvalue weighted by Gasteiger charge is 2.20. The van der Waals surface area contributed by atoms with Crippen LogP contribution in [0.25, 0.3) is 0 Å². The van der Waals surface area contributed by atoms with Crippen LogP contribution in [-0.4, -0.2) is 55.2 Å². The second kappa shape index (κ2) is 7.33. The number of hydrogen-bond acceptors (Lipinski definition) is 4. The Morgan fingerprint density at radius 2 is 1.95 bits per heavy atom. The average Bonchev–Trinajstić information content (AvgIpc) is 2.30. The third kappa shape index (κ3) is 6.60. The lowest BCUT2D eigenvalue weighted by Crippen LogP contribution is -2.47. The first-order chi connectivity index (χ1) is 9.28. The number of carbonyl (C=O) groups is 1. The van der Waals surface area contributed by atoms with Crippen LogP contribution in [-0.2, 0) is 4.79 Å². The molecular formula is C14H22FN3O2. The van der Waals surface area contributed by atoms with Gasteiger partial charge in [0.2, 0.25) is 5.91 Å². The Labute approximate surface area is 118 Å². The summed E-state index contributed by atoms with van der Waals surface area (Å²) in [6.07, 6.45) is 0. The summed E-state index contributed by atoms with van der Waals surface area (Å²) < 4.78 is 12.7. The minimum atomic E-state index is -0.903. The van der Waals surface area contributed by atoms with Crippen molar-refractivity contribution in [1.29, 1.82) is 0 Å². The fourth-order valence-corrected chi connectivity index (χ4v) is 1.92. The van der Waals surface area contributed by atoms with Gasteiger partial charge in [-0.1, -0.05) is 0 Å². The first kappa shape index (κ1) is 16.6. The topological polar surface area (TPSA) is 64.6 Å². The van der Waals surface area contributed by atoms with E-state index in [1.54, 1.807) is 6.92 Å². The Kier molecular flexibility index (Phi) is 6.06. The molecule has 0 saturated heterocycles. The number of hydrogen-bond donors (Lipinski definition) is 3. The van der Waals surface area contributed by atoms with Gasteiger partial charge in [-0.2, -0.15) is 0 Å². The summed E-state index contributed by atoms with van der Waals surface area (Å²) in [6.45, 7) is 2.60. The maximum Gasteiger partial charge on any atom is 0.238 e. The summed E-state index contributed by atoms with van der Waals surface area (Å²) >= 11 is 0. The second-order valence-corrected chi connectivity index (χ2v) is 5.39. The van der Waals surface area contributed by atoms with Crippen molar-refractivity contribution in [3.63, 3.8) is 0 Å². The van der Waals surface area contributed by atoms with Gasteiger partial charge in [-0.25, -0.2) is 4.39 Å². The summed E-state index contributed by atoms with van der Waals surface area (Å²) in [5, 5.41) is 15.6. The van der Waals surface area contributed by atoms with E-state index in [-0.39, 0.29) is 18.3 Å².